The summed E-state index contributed by atoms with van der Waals surface area (Å²) >= 11 is 0. The van der Waals surface area contributed by atoms with Crippen molar-refractivity contribution in [2.24, 2.45) is 0 Å². The molecule has 0 aliphatic carbocycles. The summed E-state index contributed by atoms with van der Waals surface area (Å²) in [4.78, 5) is 19.1. The molecule has 5 nitrogen and oxygen atoms in total. The van der Waals surface area contributed by atoms with Crippen LogP contribution in [0.25, 0.3) is 5.69 Å². The molecule has 4 rings (SSSR count). The number of nitrogens with zero attached hydrogens (tertiary/aromatic N) is 3. The maximum absolute atomic E-state index is 12.5. The lowest BCUT2D eigenvalue weighted by molar-refractivity contribution is 0.0940. The van der Waals surface area contributed by atoms with Gasteiger partial charge in [-0.3, -0.25) is 4.79 Å². The molecule has 3 heterocycles. The fourth-order valence-electron chi connectivity index (χ4n) is 3.19. The summed E-state index contributed by atoms with van der Waals surface area (Å²) in [6.45, 7) is 1.71. The van der Waals surface area contributed by atoms with Crippen LogP contribution in [-0.2, 0) is 0 Å². The number of pyridine rings is 1. The second kappa shape index (κ2) is 6.81. The Morgan fingerprint density at radius 1 is 1.04 bits per heavy atom. The van der Waals surface area contributed by atoms with E-state index in [1.165, 1.54) is 0 Å². The SMILES string of the molecule is O=C(N[C@H]1CCN(c2ccccn2)C1)c1ccc(-n2cccc2)cc1. The first kappa shape index (κ1) is 15.4. The monoisotopic (exact) mass is 332 g/mol. The molecule has 0 saturated carbocycles. The summed E-state index contributed by atoms with van der Waals surface area (Å²) in [5.41, 5.74) is 1.73. The number of benzene rings is 1. The standard InChI is InChI=1S/C20H20N4O/c25-20(16-6-8-18(9-7-16)23-12-3-4-13-23)22-17-10-14-24(15-17)19-5-1-2-11-21-19/h1-9,11-13,17H,10,14-15H2,(H,22,25)/t17-/m0/s1. The zero-order chi connectivity index (χ0) is 17.1. The molecule has 0 spiro atoms. The molecule has 25 heavy (non-hydrogen) atoms. The molecule has 1 aromatic carbocycles. The first-order valence-corrected chi connectivity index (χ1v) is 8.50. The number of carbonyl (C=O) groups excluding carboxylic acids is 1. The van der Waals surface area contributed by atoms with Gasteiger partial charge in [-0.05, 0) is 55.0 Å². The summed E-state index contributed by atoms with van der Waals surface area (Å²) in [5.74, 6) is 0.947. The van der Waals surface area contributed by atoms with Gasteiger partial charge >= 0.3 is 0 Å². The molecule has 3 aromatic rings. The van der Waals surface area contributed by atoms with Gasteiger partial charge < -0.3 is 14.8 Å². The minimum atomic E-state index is -0.0214. The fraction of sp³-hybridized carbons (Fsp3) is 0.200. The van der Waals surface area contributed by atoms with Gasteiger partial charge in [-0.1, -0.05) is 6.07 Å². The summed E-state index contributed by atoms with van der Waals surface area (Å²) in [5, 5.41) is 3.13. The highest BCUT2D eigenvalue weighted by Crippen LogP contribution is 2.18. The van der Waals surface area contributed by atoms with E-state index >= 15 is 0 Å². The van der Waals surface area contributed by atoms with Crippen LogP contribution in [0.5, 0.6) is 0 Å². The predicted molar refractivity (Wildman–Crippen MR) is 98.1 cm³/mol. The Hall–Kier alpha value is -3.08. The van der Waals surface area contributed by atoms with Gasteiger partial charge in [-0.15, -0.1) is 0 Å². The molecule has 1 N–H and O–H groups in total. The number of nitrogens with one attached hydrogen (secondary N) is 1. The third-order valence-corrected chi connectivity index (χ3v) is 4.53. The normalized spacial score (nSPS) is 16.8. The van der Waals surface area contributed by atoms with Gasteiger partial charge in [0.05, 0.1) is 0 Å². The first-order valence-electron chi connectivity index (χ1n) is 8.50. The van der Waals surface area contributed by atoms with Crippen LogP contribution < -0.4 is 10.2 Å². The third kappa shape index (κ3) is 3.40. The van der Waals surface area contributed by atoms with E-state index in [9.17, 15) is 4.79 Å². The van der Waals surface area contributed by atoms with Crippen LogP contribution >= 0.6 is 0 Å². The number of hydrogen-bond donors (Lipinski definition) is 1. The average molecular weight is 332 g/mol. The van der Waals surface area contributed by atoms with Crippen molar-refractivity contribution in [3.63, 3.8) is 0 Å². The summed E-state index contributed by atoms with van der Waals surface area (Å²) in [7, 11) is 0. The van der Waals surface area contributed by atoms with Crippen LogP contribution in [0.15, 0.2) is 73.2 Å². The van der Waals surface area contributed by atoms with E-state index in [0.29, 0.717) is 5.56 Å². The molecule has 1 amide bonds. The fourth-order valence-corrected chi connectivity index (χ4v) is 3.19. The molecular weight excluding hydrogens is 312 g/mol. The van der Waals surface area contributed by atoms with Crippen molar-refractivity contribution < 1.29 is 4.79 Å². The number of aromatic nitrogens is 2. The van der Waals surface area contributed by atoms with Gasteiger partial charge in [-0.2, -0.15) is 0 Å². The van der Waals surface area contributed by atoms with E-state index in [1.54, 1.807) is 6.20 Å². The minimum Gasteiger partial charge on any atom is -0.354 e. The lowest BCUT2D eigenvalue weighted by Gasteiger charge is -2.17. The second-order valence-electron chi connectivity index (χ2n) is 6.23. The van der Waals surface area contributed by atoms with Gasteiger partial charge in [0, 0.05) is 49.0 Å². The van der Waals surface area contributed by atoms with Gasteiger partial charge in [0.2, 0.25) is 0 Å². The molecule has 1 fully saturated rings. The van der Waals surface area contributed by atoms with E-state index < -0.39 is 0 Å². The summed E-state index contributed by atoms with van der Waals surface area (Å²) in [6.07, 6.45) is 6.71. The van der Waals surface area contributed by atoms with E-state index in [4.69, 9.17) is 0 Å². The van der Waals surface area contributed by atoms with Crippen molar-refractivity contribution in [1.82, 2.24) is 14.9 Å². The first-order chi connectivity index (χ1) is 12.3. The third-order valence-electron chi connectivity index (χ3n) is 4.53. The molecule has 1 aliphatic heterocycles. The highest BCUT2D eigenvalue weighted by molar-refractivity contribution is 5.94. The Morgan fingerprint density at radius 3 is 2.56 bits per heavy atom. The van der Waals surface area contributed by atoms with Crippen molar-refractivity contribution >= 4 is 11.7 Å². The molecule has 126 valence electrons. The molecule has 2 aromatic heterocycles. The predicted octanol–water partition coefficient (Wildman–Crippen LogP) is 2.88. The maximum atomic E-state index is 12.5. The number of rotatable bonds is 4. The van der Waals surface area contributed by atoms with Gasteiger partial charge in [0.15, 0.2) is 0 Å². The average Bonchev–Trinajstić information content (AvgIpc) is 3.35. The highest BCUT2D eigenvalue weighted by atomic mass is 16.1. The van der Waals surface area contributed by atoms with Crippen molar-refractivity contribution in [2.75, 3.05) is 18.0 Å². The number of hydrogen-bond acceptors (Lipinski definition) is 3. The van der Waals surface area contributed by atoms with Crippen molar-refractivity contribution in [1.29, 1.82) is 0 Å². The van der Waals surface area contributed by atoms with Gasteiger partial charge in [0.25, 0.3) is 5.91 Å². The largest absolute Gasteiger partial charge is 0.354 e. The van der Waals surface area contributed by atoms with Crippen molar-refractivity contribution in [3.8, 4) is 5.69 Å². The van der Waals surface area contributed by atoms with E-state index in [1.807, 2.05) is 71.6 Å². The molecule has 1 atom stereocenters. The van der Waals surface area contributed by atoms with E-state index in [0.717, 1.165) is 31.0 Å². The Balaban J connectivity index is 1.38. The Kier molecular flexibility index (Phi) is 4.21. The zero-order valence-corrected chi connectivity index (χ0v) is 13.9. The summed E-state index contributed by atoms with van der Waals surface area (Å²) in [6, 6.07) is 17.7. The molecule has 0 radical (unpaired) electrons. The van der Waals surface area contributed by atoms with Crippen LogP contribution in [0.3, 0.4) is 0 Å². The number of anilines is 1. The smallest absolute Gasteiger partial charge is 0.251 e. The van der Waals surface area contributed by atoms with Crippen LogP contribution in [0, 0.1) is 0 Å². The topological polar surface area (TPSA) is 50.2 Å². The molecule has 1 aliphatic rings. The Labute approximate surface area is 146 Å². The van der Waals surface area contributed by atoms with E-state index in [2.05, 4.69) is 15.2 Å². The zero-order valence-electron chi connectivity index (χ0n) is 13.9. The second-order valence-corrected chi connectivity index (χ2v) is 6.23. The lowest BCUT2D eigenvalue weighted by Crippen LogP contribution is -2.37. The minimum absolute atomic E-state index is 0.0214. The molecular formula is C20H20N4O. The van der Waals surface area contributed by atoms with E-state index in [-0.39, 0.29) is 11.9 Å². The van der Waals surface area contributed by atoms with Crippen LogP contribution in [0.2, 0.25) is 0 Å². The maximum Gasteiger partial charge on any atom is 0.251 e. The molecule has 0 bridgehead atoms. The number of amides is 1. The highest BCUT2D eigenvalue weighted by Gasteiger charge is 2.24. The van der Waals surface area contributed by atoms with Gasteiger partial charge in [-0.25, -0.2) is 4.98 Å². The molecule has 0 unspecified atom stereocenters. The van der Waals surface area contributed by atoms with Crippen LogP contribution in [-0.4, -0.2) is 34.6 Å². The van der Waals surface area contributed by atoms with Crippen LogP contribution in [0.4, 0.5) is 5.82 Å². The van der Waals surface area contributed by atoms with Crippen LogP contribution in [0.1, 0.15) is 16.8 Å². The quantitative estimate of drug-likeness (QED) is 0.799. The van der Waals surface area contributed by atoms with Gasteiger partial charge in [0.1, 0.15) is 5.82 Å². The molecule has 5 heteroatoms. The van der Waals surface area contributed by atoms with Crippen molar-refractivity contribution in [2.45, 2.75) is 12.5 Å². The van der Waals surface area contributed by atoms with Crippen molar-refractivity contribution in [3.05, 3.63) is 78.8 Å². The number of carbonyl (C=O) groups is 1. The Bertz CT molecular complexity index is 828. The molecule has 1 saturated heterocycles. The Morgan fingerprint density at radius 2 is 1.84 bits per heavy atom. The summed E-state index contributed by atoms with van der Waals surface area (Å²) < 4.78 is 2.02. The lowest BCUT2D eigenvalue weighted by atomic mass is 10.1.